The lowest BCUT2D eigenvalue weighted by Gasteiger charge is -2.16. The van der Waals surface area contributed by atoms with Crippen molar-refractivity contribution in [1.29, 1.82) is 0 Å². The summed E-state index contributed by atoms with van der Waals surface area (Å²) < 4.78 is 47.1. The molecule has 1 unspecified atom stereocenters. The third kappa shape index (κ3) is 2.67. The van der Waals surface area contributed by atoms with Gasteiger partial charge in [0.15, 0.2) is 0 Å². The largest absolute Gasteiger partial charge is 0.405 e. The first kappa shape index (κ1) is 9.28. The first-order valence-electron chi connectivity index (χ1n) is 3.41. The van der Waals surface area contributed by atoms with Crippen LogP contribution in [0.4, 0.5) is 17.6 Å². The van der Waals surface area contributed by atoms with Gasteiger partial charge in [0.25, 0.3) is 0 Å². The average molecular weight is 184 g/mol. The summed E-state index contributed by atoms with van der Waals surface area (Å²) in [5, 5.41) is 0. The summed E-state index contributed by atoms with van der Waals surface area (Å²) in [5.41, 5.74) is 0. The van der Waals surface area contributed by atoms with Gasteiger partial charge in [-0.2, -0.15) is 13.2 Å². The van der Waals surface area contributed by atoms with E-state index < -0.39 is 25.4 Å². The minimum absolute atomic E-state index is 0.0238. The monoisotopic (exact) mass is 184 g/mol. The molecule has 6 heteroatoms. The van der Waals surface area contributed by atoms with Gasteiger partial charge in [-0.05, 0) is 0 Å². The maximum Gasteiger partial charge on any atom is 0.405 e. The van der Waals surface area contributed by atoms with Gasteiger partial charge < -0.3 is 4.90 Å². The molecule has 0 saturated heterocycles. The average Bonchev–Trinajstić information content (AvgIpc) is 2.32. The van der Waals surface area contributed by atoms with Crippen LogP contribution in [0.1, 0.15) is 0 Å². The second kappa shape index (κ2) is 3.28. The van der Waals surface area contributed by atoms with Crippen LogP contribution in [-0.2, 0) is 0 Å². The molecule has 0 N–H and O–H groups in total. The third-order valence-corrected chi connectivity index (χ3v) is 1.45. The minimum atomic E-state index is -4.24. The Bertz CT molecular complexity index is 177. The zero-order valence-corrected chi connectivity index (χ0v) is 6.18. The summed E-state index contributed by atoms with van der Waals surface area (Å²) >= 11 is 0. The van der Waals surface area contributed by atoms with Crippen molar-refractivity contribution in [3.05, 3.63) is 0 Å². The molecule has 1 heterocycles. The molecule has 0 radical (unpaired) electrons. The minimum Gasteiger partial charge on any atom is -0.352 e. The summed E-state index contributed by atoms with van der Waals surface area (Å²) in [6, 6.07) is -0.618. The van der Waals surface area contributed by atoms with Crippen LogP contribution >= 0.6 is 0 Å². The molecule has 1 aliphatic heterocycles. The summed E-state index contributed by atoms with van der Waals surface area (Å²) in [5.74, 6) is 0. The Labute approximate surface area is 66.9 Å². The van der Waals surface area contributed by atoms with E-state index in [2.05, 4.69) is 4.99 Å². The first-order chi connectivity index (χ1) is 5.51. The van der Waals surface area contributed by atoms with Gasteiger partial charge in [-0.1, -0.05) is 0 Å². The SMILES string of the molecule is FCC1CN(CC(F)(F)F)C=N1. The van der Waals surface area contributed by atoms with Gasteiger partial charge in [0.2, 0.25) is 0 Å². The second-order valence-corrected chi connectivity index (χ2v) is 2.62. The summed E-state index contributed by atoms with van der Waals surface area (Å²) in [7, 11) is 0. The molecule has 0 bridgehead atoms. The molecular weight excluding hydrogens is 176 g/mol. The van der Waals surface area contributed by atoms with E-state index in [9.17, 15) is 17.6 Å². The molecule has 70 valence electrons. The molecular formula is C6H8F4N2. The fourth-order valence-corrected chi connectivity index (χ4v) is 0.978. The lowest BCUT2D eigenvalue weighted by atomic mass is 10.3. The standard InChI is InChI=1S/C6H8F4N2/c7-1-5-2-12(4-11-5)3-6(8,9)10/h4-5H,1-3H2. The van der Waals surface area contributed by atoms with Crippen molar-refractivity contribution in [2.75, 3.05) is 19.8 Å². The van der Waals surface area contributed by atoms with Crippen LogP contribution < -0.4 is 0 Å². The molecule has 1 aliphatic rings. The molecule has 0 aromatic heterocycles. The fraction of sp³-hybridized carbons (Fsp3) is 0.833. The molecule has 1 atom stereocenters. The molecule has 0 spiro atoms. The van der Waals surface area contributed by atoms with E-state index in [0.717, 1.165) is 11.2 Å². The third-order valence-electron chi connectivity index (χ3n) is 1.45. The number of nitrogens with zero attached hydrogens (tertiary/aromatic N) is 2. The predicted molar refractivity (Wildman–Crippen MR) is 35.9 cm³/mol. The Morgan fingerprint density at radius 3 is 2.58 bits per heavy atom. The lowest BCUT2D eigenvalue weighted by molar-refractivity contribution is -0.136. The Balaban J connectivity index is 2.34. The van der Waals surface area contributed by atoms with Crippen LogP contribution in [0.25, 0.3) is 0 Å². The molecule has 0 aromatic carbocycles. The van der Waals surface area contributed by atoms with Crippen LogP contribution in [-0.4, -0.2) is 43.2 Å². The van der Waals surface area contributed by atoms with Gasteiger partial charge in [-0.25, -0.2) is 4.39 Å². The van der Waals surface area contributed by atoms with E-state index in [-0.39, 0.29) is 6.54 Å². The highest BCUT2D eigenvalue weighted by Gasteiger charge is 2.32. The number of aliphatic imine (C=N–C) groups is 1. The van der Waals surface area contributed by atoms with Gasteiger partial charge in [-0.3, -0.25) is 4.99 Å². The molecule has 0 aliphatic carbocycles. The maximum absolute atomic E-state index is 11.9. The number of halogens is 4. The smallest absolute Gasteiger partial charge is 0.352 e. The predicted octanol–water partition coefficient (Wildman–Crippen LogP) is 1.23. The van der Waals surface area contributed by atoms with Crippen molar-refractivity contribution in [1.82, 2.24) is 4.90 Å². The van der Waals surface area contributed by atoms with Crippen LogP contribution in [0.3, 0.4) is 0 Å². The Hall–Kier alpha value is -0.810. The number of rotatable bonds is 2. The first-order valence-corrected chi connectivity index (χ1v) is 3.41. The van der Waals surface area contributed by atoms with E-state index in [1.807, 2.05) is 0 Å². The van der Waals surface area contributed by atoms with E-state index >= 15 is 0 Å². The van der Waals surface area contributed by atoms with Crippen molar-refractivity contribution in [3.8, 4) is 0 Å². The highest BCUT2D eigenvalue weighted by molar-refractivity contribution is 5.57. The Morgan fingerprint density at radius 2 is 2.17 bits per heavy atom. The van der Waals surface area contributed by atoms with E-state index in [1.165, 1.54) is 0 Å². The molecule has 12 heavy (non-hydrogen) atoms. The van der Waals surface area contributed by atoms with Gasteiger partial charge in [0.05, 0.1) is 12.4 Å². The Morgan fingerprint density at radius 1 is 1.50 bits per heavy atom. The van der Waals surface area contributed by atoms with E-state index in [1.54, 1.807) is 0 Å². The van der Waals surface area contributed by atoms with Crippen molar-refractivity contribution in [2.45, 2.75) is 12.2 Å². The molecule has 2 nitrogen and oxygen atoms in total. The van der Waals surface area contributed by atoms with Gasteiger partial charge in [0.1, 0.15) is 13.2 Å². The second-order valence-electron chi connectivity index (χ2n) is 2.62. The van der Waals surface area contributed by atoms with Crippen molar-refractivity contribution in [2.24, 2.45) is 4.99 Å². The zero-order valence-electron chi connectivity index (χ0n) is 6.18. The number of alkyl halides is 4. The maximum atomic E-state index is 11.9. The topological polar surface area (TPSA) is 15.6 Å². The van der Waals surface area contributed by atoms with Crippen LogP contribution in [0, 0.1) is 0 Å². The Kier molecular flexibility index (Phi) is 2.54. The van der Waals surface area contributed by atoms with Gasteiger partial charge >= 0.3 is 6.18 Å². The molecule has 0 saturated carbocycles. The summed E-state index contributed by atoms with van der Waals surface area (Å²) in [6.45, 7) is -1.73. The number of hydrogen-bond donors (Lipinski definition) is 0. The van der Waals surface area contributed by atoms with Crippen LogP contribution in [0.5, 0.6) is 0 Å². The zero-order chi connectivity index (χ0) is 9.19. The summed E-state index contributed by atoms with van der Waals surface area (Å²) in [4.78, 5) is 4.51. The normalized spacial score (nSPS) is 23.7. The molecule has 0 amide bonds. The number of hydrogen-bond acceptors (Lipinski definition) is 2. The van der Waals surface area contributed by atoms with Crippen LogP contribution in [0.2, 0.25) is 0 Å². The van der Waals surface area contributed by atoms with Crippen LogP contribution in [0.15, 0.2) is 4.99 Å². The lowest BCUT2D eigenvalue weighted by Crippen LogP contribution is -2.33. The quantitative estimate of drug-likeness (QED) is 0.589. The highest BCUT2D eigenvalue weighted by atomic mass is 19.4. The molecule has 1 rings (SSSR count). The fourth-order valence-electron chi connectivity index (χ4n) is 0.978. The van der Waals surface area contributed by atoms with Crippen molar-refractivity contribution in [3.63, 3.8) is 0 Å². The highest BCUT2D eigenvalue weighted by Crippen LogP contribution is 2.17. The van der Waals surface area contributed by atoms with E-state index in [0.29, 0.717) is 0 Å². The summed E-state index contributed by atoms with van der Waals surface area (Å²) in [6.07, 6.45) is -3.19. The molecule has 0 aromatic rings. The van der Waals surface area contributed by atoms with Crippen molar-refractivity contribution < 1.29 is 17.6 Å². The van der Waals surface area contributed by atoms with Gasteiger partial charge in [0, 0.05) is 6.54 Å². The molecule has 0 fully saturated rings. The van der Waals surface area contributed by atoms with Gasteiger partial charge in [-0.15, -0.1) is 0 Å². The van der Waals surface area contributed by atoms with Crippen molar-refractivity contribution >= 4 is 6.34 Å². The van der Waals surface area contributed by atoms with E-state index in [4.69, 9.17) is 0 Å².